The van der Waals surface area contributed by atoms with Crippen LogP contribution in [0.5, 0.6) is 5.75 Å². The van der Waals surface area contributed by atoms with Crippen LogP contribution in [0.15, 0.2) is 24.4 Å². The number of aromatic nitrogens is 1. The maximum atomic E-state index is 14.8. The second-order valence-corrected chi connectivity index (χ2v) is 9.11. The third-order valence-corrected chi connectivity index (χ3v) is 5.48. The second kappa shape index (κ2) is 10.0. The number of nitrogens with zero attached hydrogens (tertiary/aromatic N) is 3. The summed E-state index contributed by atoms with van der Waals surface area (Å²) in [6.45, 7) is 6.90. The Morgan fingerprint density at radius 1 is 1.26 bits per heavy atom. The van der Waals surface area contributed by atoms with Gasteiger partial charge in [-0.05, 0) is 51.7 Å². The highest BCUT2D eigenvalue weighted by atomic mass is 19.1. The van der Waals surface area contributed by atoms with Crippen LogP contribution < -0.4 is 10.5 Å². The van der Waals surface area contributed by atoms with Crippen LogP contribution in [0.3, 0.4) is 0 Å². The monoisotopic (exact) mass is 472 g/mol. The number of piperidine rings is 1. The number of ether oxygens (including phenoxy) is 3. The number of carbonyl (C=O) groups is 2. The molecular formula is C24H29FN4O5. The number of likely N-dealkylation sites (tertiary alicyclic amines) is 1. The van der Waals surface area contributed by atoms with Crippen molar-refractivity contribution in [3.05, 3.63) is 41.5 Å². The molecule has 1 aromatic heterocycles. The Bertz CT molecular complexity index is 1110. The zero-order valence-electron chi connectivity index (χ0n) is 19.8. The Kier molecular flexibility index (Phi) is 7.35. The molecule has 2 heterocycles. The van der Waals surface area contributed by atoms with E-state index in [0.717, 1.165) is 12.8 Å². The lowest BCUT2D eigenvalue weighted by Gasteiger charge is -2.33. The highest BCUT2D eigenvalue weighted by Crippen LogP contribution is 2.28. The lowest BCUT2D eigenvalue weighted by atomic mass is 9.98. The van der Waals surface area contributed by atoms with Crippen molar-refractivity contribution in [2.24, 2.45) is 5.92 Å². The van der Waals surface area contributed by atoms with E-state index in [1.165, 1.54) is 30.0 Å². The molecule has 1 amide bonds. The molecule has 1 saturated heterocycles. The van der Waals surface area contributed by atoms with Crippen LogP contribution >= 0.6 is 0 Å². The van der Waals surface area contributed by atoms with Gasteiger partial charge >= 0.3 is 12.1 Å². The van der Waals surface area contributed by atoms with Gasteiger partial charge in [-0.25, -0.2) is 14.0 Å². The van der Waals surface area contributed by atoms with E-state index in [2.05, 4.69) is 0 Å². The predicted molar refractivity (Wildman–Crippen MR) is 122 cm³/mol. The summed E-state index contributed by atoms with van der Waals surface area (Å²) in [4.78, 5) is 26.0. The molecule has 0 radical (unpaired) electrons. The van der Waals surface area contributed by atoms with Crippen LogP contribution in [0.4, 0.5) is 14.9 Å². The topological polar surface area (TPSA) is 120 Å². The first-order valence-corrected chi connectivity index (χ1v) is 10.9. The summed E-state index contributed by atoms with van der Waals surface area (Å²) in [5.41, 5.74) is 5.64. The number of halogens is 1. The number of methoxy groups -OCH3 is 1. The maximum absolute atomic E-state index is 14.8. The van der Waals surface area contributed by atoms with Crippen LogP contribution in [-0.2, 0) is 9.47 Å². The molecule has 182 valence electrons. The van der Waals surface area contributed by atoms with Gasteiger partial charge < -0.3 is 29.4 Å². The molecule has 1 aromatic carbocycles. The van der Waals surface area contributed by atoms with E-state index in [1.807, 2.05) is 26.8 Å². The quantitative estimate of drug-likeness (QED) is 0.656. The average molecular weight is 473 g/mol. The normalized spacial score (nSPS) is 14.4. The molecule has 3 rings (SSSR count). The molecule has 1 fully saturated rings. The number of rotatable bonds is 5. The number of benzene rings is 1. The van der Waals surface area contributed by atoms with E-state index in [0.29, 0.717) is 25.4 Å². The van der Waals surface area contributed by atoms with Gasteiger partial charge in [0.05, 0.1) is 25.0 Å². The fraction of sp³-hybridized carbons (Fsp3) is 0.458. The summed E-state index contributed by atoms with van der Waals surface area (Å²) < 4.78 is 32.0. The Hall–Kier alpha value is -3.74. The molecule has 9 nitrogen and oxygen atoms in total. The van der Waals surface area contributed by atoms with E-state index in [1.54, 1.807) is 11.0 Å². The van der Waals surface area contributed by atoms with Crippen molar-refractivity contribution < 1.29 is 28.2 Å². The summed E-state index contributed by atoms with van der Waals surface area (Å²) in [6, 6.07) is 6.13. The molecule has 2 aromatic rings. The minimum absolute atomic E-state index is 0.0344. The number of carbonyl (C=O) groups excluding carboxylic acids is 2. The molecule has 0 spiro atoms. The molecule has 10 heteroatoms. The molecule has 0 bridgehead atoms. The van der Waals surface area contributed by atoms with E-state index in [4.69, 9.17) is 19.9 Å². The third kappa shape index (κ3) is 5.60. The van der Waals surface area contributed by atoms with Gasteiger partial charge in [-0.3, -0.25) is 0 Å². The van der Waals surface area contributed by atoms with E-state index in [9.17, 15) is 19.2 Å². The van der Waals surface area contributed by atoms with Gasteiger partial charge in [0.25, 0.3) is 0 Å². The number of nitriles is 1. The number of hydrogen-bond acceptors (Lipinski definition) is 7. The standard InChI is InChI=1S/C24H29FN4O5/c1-24(2,3)34-23(31)28-9-7-15(8-10-28)14-33-19-6-5-17(11-18(19)25)29-13-16(12-26)20(27)21(29)22(30)32-4/h5-6,11,13,15H,7-10,14,27H2,1-4H3. The fourth-order valence-corrected chi connectivity index (χ4v) is 3.69. The van der Waals surface area contributed by atoms with Gasteiger partial charge in [-0.15, -0.1) is 0 Å². The molecule has 0 atom stereocenters. The van der Waals surface area contributed by atoms with Crippen LogP contribution in [-0.4, -0.2) is 53.9 Å². The molecule has 34 heavy (non-hydrogen) atoms. The number of esters is 1. The van der Waals surface area contributed by atoms with Gasteiger partial charge in [0.1, 0.15) is 11.7 Å². The Morgan fingerprint density at radius 3 is 2.50 bits per heavy atom. The largest absolute Gasteiger partial charge is 0.490 e. The molecule has 1 aliphatic heterocycles. The zero-order chi connectivity index (χ0) is 25.0. The fourth-order valence-electron chi connectivity index (χ4n) is 3.69. The summed E-state index contributed by atoms with van der Waals surface area (Å²) in [5.74, 6) is -1.12. The SMILES string of the molecule is COC(=O)c1c(N)c(C#N)cn1-c1ccc(OCC2CCN(C(=O)OC(C)(C)C)CC2)c(F)c1. The highest BCUT2D eigenvalue weighted by molar-refractivity contribution is 5.95. The molecule has 0 unspecified atom stereocenters. The Balaban J connectivity index is 1.64. The molecule has 0 aliphatic carbocycles. The first-order valence-electron chi connectivity index (χ1n) is 10.9. The van der Waals surface area contributed by atoms with E-state index >= 15 is 0 Å². The summed E-state index contributed by atoms with van der Waals surface area (Å²) in [5, 5.41) is 9.23. The lowest BCUT2D eigenvalue weighted by molar-refractivity contribution is 0.0164. The van der Waals surface area contributed by atoms with Crippen LogP contribution in [0, 0.1) is 23.1 Å². The smallest absolute Gasteiger partial charge is 0.410 e. The Morgan fingerprint density at radius 2 is 1.94 bits per heavy atom. The van der Waals surface area contributed by atoms with Crippen molar-refractivity contribution in [2.75, 3.05) is 32.5 Å². The van der Waals surface area contributed by atoms with Gasteiger partial charge in [0.2, 0.25) is 0 Å². The van der Waals surface area contributed by atoms with Gasteiger partial charge in [-0.1, -0.05) is 0 Å². The lowest BCUT2D eigenvalue weighted by Crippen LogP contribution is -2.42. The number of amides is 1. The van der Waals surface area contributed by atoms with Crippen molar-refractivity contribution in [3.63, 3.8) is 0 Å². The van der Waals surface area contributed by atoms with Gasteiger partial charge in [-0.2, -0.15) is 5.26 Å². The molecule has 2 N–H and O–H groups in total. The first-order chi connectivity index (χ1) is 16.0. The van der Waals surface area contributed by atoms with Crippen molar-refractivity contribution in [1.29, 1.82) is 5.26 Å². The van der Waals surface area contributed by atoms with E-state index in [-0.39, 0.29) is 34.7 Å². The molecule has 1 aliphatic rings. The minimum Gasteiger partial charge on any atom is -0.490 e. The van der Waals surface area contributed by atoms with Crippen LogP contribution in [0.25, 0.3) is 5.69 Å². The summed E-state index contributed by atoms with van der Waals surface area (Å²) >= 11 is 0. The van der Waals surface area contributed by atoms with Gasteiger partial charge in [0.15, 0.2) is 17.3 Å². The van der Waals surface area contributed by atoms with Crippen LogP contribution in [0.2, 0.25) is 0 Å². The van der Waals surface area contributed by atoms with Gasteiger partial charge in [0, 0.05) is 31.0 Å². The van der Waals surface area contributed by atoms with Crippen molar-refractivity contribution in [3.8, 4) is 17.5 Å². The minimum atomic E-state index is -0.738. The van der Waals surface area contributed by atoms with Crippen molar-refractivity contribution in [2.45, 2.75) is 39.2 Å². The number of anilines is 1. The third-order valence-electron chi connectivity index (χ3n) is 5.48. The number of nitrogen functional groups attached to an aromatic ring is 1. The predicted octanol–water partition coefficient (Wildman–Crippen LogP) is 3.88. The Labute approximate surface area is 197 Å². The van der Waals surface area contributed by atoms with Crippen molar-refractivity contribution >= 4 is 17.7 Å². The van der Waals surface area contributed by atoms with Crippen LogP contribution in [0.1, 0.15) is 49.7 Å². The number of hydrogen-bond donors (Lipinski definition) is 1. The zero-order valence-corrected chi connectivity index (χ0v) is 19.8. The molecular weight excluding hydrogens is 443 g/mol. The number of nitrogens with two attached hydrogens (primary N) is 1. The first kappa shape index (κ1) is 24.9. The average Bonchev–Trinajstić information content (AvgIpc) is 3.13. The van der Waals surface area contributed by atoms with E-state index < -0.39 is 17.4 Å². The summed E-state index contributed by atoms with van der Waals surface area (Å²) in [7, 11) is 1.20. The highest BCUT2D eigenvalue weighted by Gasteiger charge is 2.27. The maximum Gasteiger partial charge on any atom is 0.410 e. The van der Waals surface area contributed by atoms with Crippen molar-refractivity contribution in [1.82, 2.24) is 9.47 Å². The molecule has 0 saturated carbocycles. The summed E-state index contributed by atoms with van der Waals surface area (Å²) in [6.07, 6.45) is 2.47. The second-order valence-electron chi connectivity index (χ2n) is 9.11.